The number of rotatable bonds is 4. The molecule has 1 aliphatic heterocycles. The predicted octanol–water partition coefficient (Wildman–Crippen LogP) is 3.24. The molecule has 6 heteroatoms. The number of hydrogen-bond acceptors (Lipinski definition) is 4. The summed E-state index contributed by atoms with van der Waals surface area (Å²) in [5.74, 6) is 1.73. The third-order valence-electron chi connectivity index (χ3n) is 3.84. The molecule has 1 aliphatic rings. The van der Waals surface area contributed by atoms with Crippen LogP contribution in [0, 0.1) is 6.92 Å². The average molecular weight is 326 g/mol. The topological polar surface area (TPSA) is 67.9 Å². The molecule has 24 heavy (non-hydrogen) atoms. The largest absolute Gasteiger partial charge is 0.496 e. The molecular formula is C18H18N2O4. The molecule has 1 N–H and O–H groups in total. The standard InChI is InChI=1S/C18H18N2O4/c1-11-4-7-15(10-16(11)23-3)24-14-8-5-13(6-9-14)20-17(21)12(2)19-18(20)22/h4-10,12H,1-3H3,(H,19,22)/t12-/m1/s1. The van der Waals surface area contributed by atoms with Gasteiger partial charge in [0.25, 0.3) is 5.91 Å². The Hall–Kier alpha value is -3.02. The molecule has 3 rings (SSSR count). The van der Waals surface area contributed by atoms with Crippen LogP contribution in [0.3, 0.4) is 0 Å². The van der Waals surface area contributed by atoms with E-state index in [1.165, 1.54) is 0 Å². The van der Waals surface area contributed by atoms with Gasteiger partial charge in [-0.1, -0.05) is 6.07 Å². The monoisotopic (exact) mass is 326 g/mol. The van der Waals surface area contributed by atoms with E-state index < -0.39 is 12.1 Å². The number of hydrogen-bond donors (Lipinski definition) is 1. The van der Waals surface area contributed by atoms with Gasteiger partial charge < -0.3 is 14.8 Å². The van der Waals surface area contributed by atoms with E-state index in [0.717, 1.165) is 16.2 Å². The normalized spacial score (nSPS) is 17.0. The molecule has 0 radical (unpaired) electrons. The van der Waals surface area contributed by atoms with Crippen LogP contribution in [-0.2, 0) is 4.79 Å². The summed E-state index contributed by atoms with van der Waals surface area (Å²) in [6.45, 7) is 3.61. The molecule has 0 spiro atoms. The molecule has 6 nitrogen and oxygen atoms in total. The number of nitrogens with zero attached hydrogens (tertiary/aromatic N) is 1. The number of amides is 3. The van der Waals surface area contributed by atoms with E-state index in [2.05, 4.69) is 5.32 Å². The van der Waals surface area contributed by atoms with Crippen LogP contribution in [0.5, 0.6) is 17.2 Å². The molecule has 1 saturated heterocycles. The van der Waals surface area contributed by atoms with Crippen molar-refractivity contribution in [3.05, 3.63) is 48.0 Å². The van der Waals surface area contributed by atoms with Crippen molar-refractivity contribution in [1.29, 1.82) is 0 Å². The fraction of sp³-hybridized carbons (Fsp3) is 0.222. The molecule has 0 bridgehead atoms. The number of carbonyl (C=O) groups excluding carboxylic acids is 2. The smallest absolute Gasteiger partial charge is 0.329 e. The van der Waals surface area contributed by atoms with Crippen molar-refractivity contribution in [2.24, 2.45) is 0 Å². The highest BCUT2D eigenvalue weighted by Crippen LogP contribution is 2.29. The van der Waals surface area contributed by atoms with Crippen molar-refractivity contribution in [2.75, 3.05) is 12.0 Å². The van der Waals surface area contributed by atoms with E-state index in [1.807, 2.05) is 25.1 Å². The first-order valence-corrected chi connectivity index (χ1v) is 7.56. The minimum absolute atomic E-state index is 0.267. The maximum absolute atomic E-state index is 12.0. The Morgan fingerprint density at radius 2 is 1.71 bits per heavy atom. The molecule has 1 fully saturated rings. The van der Waals surface area contributed by atoms with Crippen molar-refractivity contribution < 1.29 is 19.1 Å². The Kier molecular flexibility index (Phi) is 4.12. The number of carbonyl (C=O) groups is 2. The summed E-state index contributed by atoms with van der Waals surface area (Å²) >= 11 is 0. The summed E-state index contributed by atoms with van der Waals surface area (Å²) < 4.78 is 11.1. The molecule has 0 aromatic heterocycles. The van der Waals surface area contributed by atoms with Gasteiger partial charge in [0.2, 0.25) is 0 Å². The molecule has 0 saturated carbocycles. The first-order chi connectivity index (χ1) is 11.5. The van der Waals surface area contributed by atoms with Crippen molar-refractivity contribution in [1.82, 2.24) is 5.32 Å². The van der Waals surface area contributed by atoms with Gasteiger partial charge in [-0.05, 0) is 49.7 Å². The van der Waals surface area contributed by atoms with E-state index in [4.69, 9.17) is 9.47 Å². The number of nitrogens with one attached hydrogen (secondary N) is 1. The molecule has 3 amide bonds. The van der Waals surface area contributed by atoms with Crippen LogP contribution < -0.4 is 19.7 Å². The van der Waals surface area contributed by atoms with Crippen molar-refractivity contribution in [3.8, 4) is 17.2 Å². The first kappa shape index (κ1) is 15.9. The SMILES string of the molecule is COc1cc(Oc2ccc(N3C(=O)N[C@H](C)C3=O)cc2)ccc1C. The number of urea groups is 1. The van der Waals surface area contributed by atoms with E-state index in [9.17, 15) is 9.59 Å². The lowest BCUT2D eigenvalue weighted by atomic mass is 10.2. The second-order valence-corrected chi connectivity index (χ2v) is 5.57. The summed E-state index contributed by atoms with van der Waals surface area (Å²) in [6, 6.07) is 11.4. The van der Waals surface area contributed by atoms with Crippen molar-refractivity contribution >= 4 is 17.6 Å². The average Bonchev–Trinajstić information content (AvgIpc) is 2.83. The molecule has 1 heterocycles. The zero-order valence-electron chi connectivity index (χ0n) is 13.7. The van der Waals surface area contributed by atoms with E-state index in [1.54, 1.807) is 38.3 Å². The summed E-state index contributed by atoms with van der Waals surface area (Å²) in [5, 5.41) is 2.58. The number of methoxy groups -OCH3 is 1. The molecular weight excluding hydrogens is 308 g/mol. The molecule has 0 aliphatic carbocycles. The fourth-order valence-corrected chi connectivity index (χ4v) is 2.51. The summed E-state index contributed by atoms with van der Waals surface area (Å²) in [6.07, 6.45) is 0. The van der Waals surface area contributed by atoms with Crippen molar-refractivity contribution in [2.45, 2.75) is 19.9 Å². The lowest BCUT2D eigenvalue weighted by Gasteiger charge is -2.14. The summed E-state index contributed by atoms with van der Waals surface area (Å²) in [7, 11) is 1.61. The molecule has 124 valence electrons. The summed E-state index contributed by atoms with van der Waals surface area (Å²) in [4.78, 5) is 24.9. The van der Waals surface area contributed by atoms with Gasteiger partial charge in [0, 0.05) is 6.07 Å². The fourth-order valence-electron chi connectivity index (χ4n) is 2.51. The van der Waals surface area contributed by atoms with E-state index in [0.29, 0.717) is 17.2 Å². The van der Waals surface area contributed by atoms with E-state index >= 15 is 0 Å². The third-order valence-corrected chi connectivity index (χ3v) is 3.84. The Labute approximate surface area is 140 Å². The Balaban J connectivity index is 1.78. The van der Waals surface area contributed by atoms with Gasteiger partial charge in [0.15, 0.2) is 0 Å². The minimum Gasteiger partial charge on any atom is -0.496 e. The number of ether oxygens (including phenoxy) is 2. The highest BCUT2D eigenvalue weighted by atomic mass is 16.5. The molecule has 2 aromatic carbocycles. The minimum atomic E-state index is -0.506. The highest BCUT2D eigenvalue weighted by molar-refractivity contribution is 6.21. The third kappa shape index (κ3) is 2.90. The Morgan fingerprint density at radius 3 is 2.29 bits per heavy atom. The van der Waals surface area contributed by atoms with Gasteiger partial charge in [-0.25, -0.2) is 9.69 Å². The Bertz CT molecular complexity index is 786. The van der Waals surface area contributed by atoms with Crippen LogP contribution in [0.1, 0.15) is 12.5 Å². The second kappa shape index (κ2) is 6.23. The van der Waals surface area contributed by atoms with Gasteiger partial charge in [-0.3, -0.25) is 4.79 Å². The van der Waals surface area contributed by atoms with E-state index in [-0.39, 0.29) is 5.91 Å². The van der Waals surface area contributed by atoms with Gasteiger partial charge >= 0.3 is 6.03 Å². The number of imide groups is 1. The van der Waals surface area contributed by atoms with Gasteiger partial charge in [0.05, 0.1) is 12.8 Å². The second-order valence-electron chi connectivity index (χ2n) is 5.57. The van der Waals surface area contributed by atoms with Crippen LogP contribution in [0.4, 0.5) is 10.5 Å². The highest BCUT2D eigenvalue weighted by Gasteiger charge is 2.36. The van der Waals surface area contributed by atoms with Gasteiger partial charge in [-0.2, -0.15) is 0 Å². The molecule has 0 unspecified atom stereocenters. The molecule has 2 aromatic rings. The molecule has 1 atom stereocenters. The van der Waals surface area contributed by atoms with Crippen LogP contribution >= 0.6 is 0 Å². The van der Waals surface area contributed by atoms with Crippen molar-refractivity contribution in [3.63, 3.8) is 0 Å². The van der Waals surface area contributed by atoms with Gasteiger partial charge in [-0.15, -0.1) is 0 Å². The number of anilines is 1. The zero-order chi connectivity index (χ0) is 17.3. The lowest BCUT2D eigenvalue weighted by molar-refractivity contribution is -0.117. The Morgan fingerprint density at radius 1 is 1.04 bits per heavy atom. The van der Waals surface area contributed by atoms with Crippen LogP contribution in [-0.4, -0.2) is 25.1 Å². The van der Waals surface area contributed by atoms with Crippen LogP contribution in [0.2, 0.25) is 0 Å². The maximum atomic E-state index is 12.0. The first-order valence-electron chi connectivity index (χ1n) is 7.56. The number of benzene rings is 2. The van der Waals surface area contributed by atoms with Gasteiger partial charge in [0.1, 0.15) is 23.3 Å². The lowest BCUT2D eigenvalue weighted by Crippen LogP contribution is -2.30. The van der Waals surface area contributed by atoms with Crippen LogP contribution in [0.25, 0.3) is 0 Å². The maximum Gasteiger partial charge on any atom is 0.329 e. The zero-order valence-corrected chi connectivity index (χ0v) is 13.7. The van der Waals surface area contributed by atoms with Crippen LogP contribution in [0.15, 0.2) is 42.5 Å². The summed E-state index contributed by atoms with van der Waals surface area (Å²) in [5.41, 5.74) is 1.53. The predicted molar refractivity (Wildman–Crippen MR) is 89.7 cm³/mol. The quantitative estimate of drug-likeness (QED) is 0.876. The number of aryl methyl sites for hydroxylation is 1.